The minimum Gasteiger partial charge on any atom is -0.453 e. The molecular formula is C50H64F2N10O6. The number of methoxy groups -OCH3 is 2. The first kappa shape index (κ1) is 48.0. The van der Waals surface area contributed by atoms with Crippen LogP contribution in [0.25, 0.3) is 22.1 Å². The molecule has 0 bridgehead atoms. The largest absolute Gasteiger partial charge is 0.453 e. The molecule has 0 spiro atoms. The lowest BCUT2D eigenvalue weighted by atomic mass is 9.96. The van der Waals surface area contributed by atoms with Crippen LogP contribution in [0.4, 0.5) is 29.7 Å². The molecule has 18 heteroatoms. The van der Waals surface area contributed by atoms with E-state index in [1.165, 1.54) is 26.4 Å². The van der Waals surface area contributed by atoms with Gasteiger partial charge in [0, 0.05) is 37.3 Å². The lowest BCUT2D eigenvalue weighted by molar-refractivity contribution is -0.131. The van der Waals surface area contributed by atoms with Gasteiger partial charge in [-0.15, -0.1) is 0 Å². The molecule has 68 heavy (non-hydrogen) atoms. The minimum atomic E-state index is -0.700. The molecule has 3 aliphatic rings. The Morgan fingerprint density at radius 3 is 2.01 bits per heavy atom. The number of halogens is 2. The van der Waals surface area contributed by atoms with Crippen molar-refractivity contribution in [2.24, 2.45) is 5.92 Å². The summed E-state index contributed by atoms with van der Waals surface area (Å²) in [6.07, 6.45) is 6.49. The molecule has 0 radical (unpaired) electrons. The number of H-pyrrole nitrogens is 2. The van der Waals surface area contributed by atoms with Crippen LogP contribution in [0.5, 0.6) is 0 Å². The quantitative estimate of drug-likeness (QED) is 0.0638. The van der Waals surface area contributed by atoms with Gasteiger partial charge in [0.25, 0.3) is 0 Å². The summed E-state index contributed by atoms with van der Waals surface area (Å²) < 4.78 is 42.5. The number of hydrogen-bond donors (Lipinski definition) is 5. The van der Waals surface area contributed by atoms with Crippen LogP contribution in [0.15, 0.2) is 48.5 Å². The van der Waals surface area contributed by atoms with Gasteiger partial charge in [-0.2, -0.15) is 0 Å². The van der Waals surface area contributed by atoms with Crippen molar-refractivity contribution in [3.63, 3.8) is 0 Å². The molecule has 3 fully saturated rings. The molecule has 0 aliphatic carbocycles. The summed E-state index contributed by atoms with van der Waals surface area (Å²) in [5.41, 5.74) is 5.62. The predicted octanol–water partition coefficient (Wildman–Crippen LogP) is 8.41. The normalized spacial score (nSPS) is 21.1. The summed E-state index contributed by atoms with van der Waals surface area (Å²) in [5, 5.41) is 7.99. The SMILES string of the molecule is COC(=O)NCC(=O)N1CCC[C@H]1c1nc2ccc([C@H]3CC[C@H](c4ccc5nc(CCCCNC(=O)C(NC(=O)OC)C(C)C)[nH]c5c4)N3c3cc(F)c(N4[C@H](C)CCC[C@@H]4C)c(F)c3)cc2[nH]1. The van der Waals surface area contributed by atoms with Gasteiger partial charge in [-0.1, -0.05) is 26.0 Å². The fourth-order valence-electron chi connectivity index (χ4n) is 10.6. The van der Waals surface area contributed by atoms with E-state index in [1.54, 1.807) is 4.90 Å². The predicted molar refractivity (Wildman–Crippen MR) is 255 cm³/mol. The highest BCUT2D eigenvalue weighted by Gasteiger charge is 2.39. The average Bonchev–Trinajstić information content (AvgIpc) is 4.15. The van der Waals surface area contributed by atoms with Crippen LogP contribution < -0.4 is 25.8 Å². The van der Waals surface area contributed by atoms with Crippen LogP contribution in [-0.4, -0.2) is 101 Å². The zero-order chi connectivity index (χ0) is 48.2. The van der Waals surface area contributed by atoms with Crippen molar-refractivity contribution in [3.8, 4) is 0 Å². The van der Waals surface area contributed by atoms with Gasteiger partial charge in [-0.05, 0) is 125 Å². The van der Waals surface area contributed by atoms with Crippen LogP contribution in [0, 0.1) is 17.6 Å². The maximum Gasteiger partial charge on any atom is 0.407 e. The van der Waals surface area contributed by atoms with Crippen molar-refractivity contribution in [2.45, 2.75) is 128 Å². The molecule has 3 aliphatic heterocycles. The first-order valence-electron chi connectivity index (χ1n) is 24.0. The van der Waals surface area contributed by atoms with Crippen LogP contribution in [-0.2, 0) is 25.5 Å². The fourth-order valence-corrected chi connectivity index (χ4v) is 10.6. The summed E-state index contributed by atoms with van der Waals surface area (Å²) in [4.78, 5) is 71.9. The molecule has 3 saturated heterocycles. The smallest absolute Gasteiger partial charge is 0.407 e. The maximum absolute atomic E-state index is 16.6. The number of ether oxygens (including phenoxy) is 2. The number of nitrogens with one attached hydrogen (secondary N) is 5. The highest BCUT2D eigenvalue weighted by atomic mass is 19.1. The lowest BCUT2D eigenvalue weighted by Gasteiger charge is -2.41. The van der Waals surface area contributed by atoms with E-state index in [9.17, 15) is 19.2 Å². The van der Waals surface area contributed by atoms with Gasteiger partial charge in [0.2, 0.25) is 11.8 Å². The van der Waals surface area contributed by atoms with Crippen LogP contribution in [0.2, 0.25) is 0 Å². The summed E-state index contributed by atoms with van der Waals surface area (Å²) in [6, 6.07) is 13.7. The molecule has 364 valence electrons. The zero-order valence-corrected chi connectivity index (χ0v) is 39.8. The molecule has 5 N–H and O–H groups in total. The summed E-state index contributed by atoms with van der Waals surface area (Å²) in [6.45, 7) is 8.58. The number of unbranched alkanes of at least 4 members (excludes halogenated alkanes) is 1. The number of anilines is 2. The Bertz CT molecular complexity index is 2600. The van der Waals surface area contributed by atoms with Gasteiger partial charge in [0.15, 0.2) is 11.6 Å². The lowest BCUT2D eigenvalue weighted by Crippen LogP contribution is -2.49. The third-order valence-corrected chi connectivity index (χ3v) is 14.0. The molecule has 6 atom stereocenters. The monoisotopic (exact) mass is 938 g/mol. The van der Waals surface area contributed by atoms with Crippen molar-refractivity contribution < 1.29 is 37.4 Å². The number of aromatic nitrogens is 4. The standard InChI is InChI=1S/C50H64F2N10O6/c1-28(2)45(59-50(66)68-6)48(64)53-21-8-7-14-43-55-36-17-15-31(23-38(36)56-43)40-19-20-41(62(40)33-25-34(51)46(35(52)26-33)61-29(3)11-9-12-30(61)4)32-16-18-37-39(24-32)58-47(57-37)42-13-10-22-60(42)44(63)27-54-49(65)67-5/h15-18,23-26,28-30,40-42,45H,7-14,19-22,27H2,1-6H3,(H,53,64)(H,54,65)(H,55,56)(H,57,58)(H,59,66)/t29-,30+,40-,41-,42+,45?/m1/s1. The van der Waals surface area contributed by atoms with E-state index >= 15 is 8.78 Å². The Labute approximate surface area is 395 Å². The average molecular weight is 939 g/mol. The number of fused-ring (bicyclic) bond motifs is 2. The second-order valence-electron chi connectivity index (χ2n) is 18.9. The number of carbonyl (C=O) groups excluding carboxylic acids is 4. The topological polar surface area (TPSA) is 190 Å². The zero-order valence-electron chi connectivity index (χ0n) is 39.8. The summed E-state index contributed by atoms with van der Waals surface area (Å²) in [7, 11) is 2.51. The molecule has 16 nitrogen and oxygen atoms in total. The molecule has 4 amide bonds. The molecule has 2 aromatic heterocycles. The van der Waals surface area contributed by atoms with Crippen molar-refractivity contribution in [3.05, 3.63) is 82.9 Å². The van der Waals surface area contributed by atoms with Crippen molar-refractivity contribution >= 4 is 57.4 Å². The first-order chi connectivity index (χ1) is 32.7. The number of carbonyl (C=O) groups is 4. The Morgan fingerprint density at radius 1 is 0.750 bits per heavy atom. The van der Waals surface area contributed by atoms with Gasteiger partial charge in [0.1, 0.15) is 29.9 Å². The number of aryl methyl sites for hydroxylation is 1. The van der Waals surface area contributed by atoms with E-state index in [0.29, 0.717) is 50.3 Å². The number of benzene rings is 3. The van der Waals surface area contributed by atoms with Gasteiger partial charge in [0.05, 0.1) is 54.4 Å². The number of piperidine rings is 1. The number of aromatic amines is 2. The third kappa shape index (κ3) is 10.2. The van der Waals surface area contributed by atoms with Crippen LogP contribution in [0.3, 0.4) is 0 Å². The van der Waals surface area contributed by atoms with Crippen molar-refractivity contribution in [2.75, 3.05) is 43.7 Å². The number of amides is 4. The second-order valence-corrected chi connectivity index (χ2v) is 18.9. The molecule has 5 heterocycles. The Balaban J connectivity index is 1.04. The van der Waals surface area contributed by atoms with Crippen molar-refractivity contribution in [1.29, 1.82) is 0 Å². The van der Waals surface area contributed by atoms with E-state index in [0.717, 1.165) is 77.5 Å². The van der Waals surface area contributed by atoms with Gasteiger partial charge in [-0.3, -0.25) is 9.59 Å². The molecular weight excluding hydrogens is 875 g/mol. The molecule has 0 saturated carbocycles. The third-order valence-electron chi connectivity index (χ3n) is 14.0. The maximum atomic E-state index is 16.6. The highest BCUT2D eigenvalue weighted by molar-refractivity contribution is 5.86. The minimum absolute atomic E-state index is 0.00378. The highest BCUT2D eigenvalue weighted by Crippen LogP contribution is 2.49. The van der Waals surface area contributed by atoms with Crippen LogP contribution in [0.1, 0.15) is 126 Å². The van der Waals surface area contributed by atoms with E-state index in [1.807, 2.05) is 56.9 Å². The number of likely N-dealkylation sites (tertiary alicyclic amines) is 1. The van der Waals surface area contributed by atoms with E-state index in [2.05, 4.69) is 52.4 Å². The Morgan fingerprint density at radius 2 is 1.38 bits per heavy atom. The molecule has 1 unspecified atom stereocenters. The summed E-state index contributed by atoms with van der Waals surface area (Å²) >= 11 is 0. The fraction of sp³-hybridized carbons (Fsp3) is 0.520. The molecule has 5 aromatic rings. The number of imidazole rings is 2. The molecule has 8 rings (SSSR count). The Kier molecular flexibility index (Phi) is 14.7. The van der Waals surface area contributed by atoms with Gasteiger partial charge in [-0.25, -0.2) is 28.3 Å². The number of alkyl carbamates (subject to hydrolysis) is 2. The Hall–Kier alpha value is -6.46. The first-order valence-corrected chi connectivity index (χ1v) is 24.0. The summed E-state index contributed by atoms with van der Waals surface area (Å²) in [5.74, 6) is -0.291. The van der Waals surface area contributed by atoms with Gasteiger partial charge >= 0.3 is 12.2 Å². The van der Waals surface area contributed by atoms with E-state index in [4.69, 9.17) is 9.97 Å². The molecule has 3 aromatic carbocycles. The second kappa shape index (κ2) is 20.8. The van der Waals surface area contributed by atoms with Crippen molar-refractivity contribution in [1.82, 2.24) is 40.8 Å². The number of nitrogens with zero attached hydrogens (tertiary/aromatic N) is 5. The van der Waals surface area contributed by atoms with E-state index in [-0.39, 0.29) is 60.2 Å². The van der Waals surface area contributed by atoms with E-state index < -0.39 is 29.9 Å². The van der Waals surface area contributed by atoms with Crippen LogP contribution >= 0.6 is 0 Å². The van der Waals surface area contributed by atoms with Gasteiger partial charge < -0.3 is 50.1 Å². The number of hydrogen-bond acceptors (Lipinski definition) is 10. The number of rotatable bonds is 15.